The third kappa shape index (κ3) is 4.88. The van der Waals surface area contributed by atoms with Crippen molar-refractivity contribution < 1.29 is 17.9 Å². The molecule has 30 heavy (non-hydrogen) atoms. The summed E-state index contributed by atoms with van der Waals surface area (Å²) < 4.78 is 34.8. The number of esters is 1. The lowest BCUT2D eigenvalue weighted by molar-refractivity contribution is -0.142. The largest absolute Gasteiger partial charge is 0.468 e. The zero-order valence-corrected chi connectivity index (χ0v) is 18.3. The molecule has 0 saturated heterocycles. The highest BCUT2D eigenvalue weighted by Crippen LogP contribution is 2.19. The van der Waals surface area contributed by atoms with E-state index >= 15 is 0 Å². The molecule has 8 heteroatoms. The van der Waals surface area contributed by atoms with E-state index in [2.05, 4.69) is 14.3 Å². The number of carbonyl (C=O) groups is 1. The van der Waals surface area contributed by atoms with Gasteiger partial charge in [0, 0.05) is 6.54 Å². The molecule has 1 unspecified atom stereocenters. The van der Waals surface area contributed by atoms with Crippen LogP contribution in [0.25, 0.3) is 11.0 Å². The van der Waals surface area contributed by atoms with Crippen LogP contribution in [0.5, 0.6) is 0 Å². The molecule has 160 valence electrons. The van der Waals surface area contributed by atoms with Crippen LogP contribution < -0.4 is 4.72 Å². The van der Waals surface area contributed by atoms with Gasteiger partial charge < -0.3 is 9.30 Å². The van der Waals surface area contributed by atoms with Crippen LogP contribution in [0.1, 0.15) is 37.6 Å². The molecule has 0 amide bonds. The number of nitrogens with one attached hydrogen (secondary N) is 1. The zero-order chi connectivity index (χ0) is 21.7. The van der Waals surface area contributed by atoms with Crippen molar-refractivity contribution >= 4 is 27.0 Å². The Labute approximate surface area is 177 Å². The highest BCUT2D eigenvalue weighted by Gasteiger charge is 2.26. The van der Waals surface area contributed by atoms with Crippen LogP contribution in [0.2, 0.25) is 0 Å². The molecule has 3 aromatic rings. The first-order chi connectivity index (χ1) is 14.4. The van der Waals surface area contributed by atoms with Gasteiger partial charge in [-0.2, -0.15) is 4.72 Å². The number of unbranched alkanes of at least 4 members (excludes halogenated alkanes) is 1. The highest BCUT2D eigenvalue weighted by atomic mass is 32.2. The second-order valence-electron chi connectivity index (χ2n) is 7.22. The molecule has 3 rings (SSSR count). The maximum Gasteiger partial charge on any atom is 0.323 e. The average Bonchev–Trinajstić information content (AvgIpc) is 3.06. The molecule has 1 heterocycles. The lowest BCUT2D eigenvalue weighted by Crippen LogP contribution is -2.41. The number of nitrogens with zero attached hydrogens (tertiary/aromatic N) is 2. The van der Waals surface area contributed by atoms with Crippen molar-refractivity contribution in [1.82, 2.24) is 14.3 Å². The minimum absolute atomic E-state index is 0.115. The number of carbonyl (C=O) groups excluding carboxylic acids is 1. The number of aromatic nitrogens is 2. The number of aryl methyl sites for hydroxylation is 1. The minimum Gasteiger partial charge on any atom is -0.468 e. The molecule has 0 bridgehead atoms. The summed E-state index contributed by atoms with van der Waals surface area (Å²) in [6.45, 7) is 4.51. The SMILES string of the molecule is CCCCC(NS(=O)(=O)c1ccc(Cn2c(C)nc3ccccc32)cc1)C(=O)OC. The van der Waals surface area contributed by atoms with E-state index in [1.54, 1.807) is 24.3 Å². The summed E-state index contributed by atoms with van der Waals surface area (Å²) in [7, 11) is -2.58. The number of fused-ring (bicyclic) bond motifs is 1. The van der Waals surface area contributed by atoms with Gasteiger partial charge in [0.1, 0.15) is 11.9 Å². The third-order valence-corrected chi connectivity index (χ3v) is 6.54. The number of para-hydroxylation sites is 2. The smallest absolute Gasteiger partial charge is 0.323 e. The Bertz CT molecular complexity index is 1120. The molecular weight excluding hydrogens is 402 g/mol. The van der Waals surface area contributed by atoms with Gasteiger partial charge >= 0.3 is 5.97 Å². The minimum atomic E-state index is -3.84. The maximum atomic E-state index is 12.7. The van der Waals surface area contributed by atoms with Crippen molar-refractivity contribution in [3.8, 4) is 0 Å². The van der Waals surface area contributed by atoms with Gasteiger partial charge in [0.25, 0.3) is 0 Å². The quantitative estimate of drug-likeness (QED) is 0.527. The zero-order valence-electron chi connectivity index (χ0n) is 17.5. The molecule has 7 nitrogen and oxygen atoms in total. The predicted molar refractivity (Wildman–Crippen MR) is 116 cm³/mol. The third-order valence-electron chi connectivity index (χ3n) is 5.05. The number of hydrogen-bond donors (Lipinski definition) is 1. The summed E-state index contributed by atoms with van der Waals surface area (Å²) in [5.41, 5.74) is 2.92. The van der Waals surface area contributed by atoms with Crippen LogP contribution in [0, 0.1) is 6.92 Å². The predicted octanol–water partition coefficient (Wildman–Crippen LogP) is 3.40. The summed E-state index contributed by atoms with van der Waals surface area (Å²) in [5.74, 6) is 0.317. The summed E-state index contributed by atoms with van der Waals surface area (Å²) in [4.78, 5) is 16.6. The van der Waals surface area contributed by atoms with Crippen LogP contribution in [-0.4, -0.2) is 37.1 Å². The number of sulfonamides is 1. The van der Waals surface area contributed by atoms with E-state index in [1.165, 1.54) is 7.11 Å². The first-order valence-electron chi connectivity index (χ1n) is 9.96. The van der Waals surface area contributed by atoms with Crippen LogP contribution in [-0.2, 0) is 26.1 Å². The van der Waals surface area contributed by atoms with Gasteiger partial charge in [0.2, 0.25) is 10.0 Å². The van der Waals surface area contributed by atoms with E-state index in [9.17, 15) is 13.2 Å². The number of benzene rings is 2. The van der Waals surface area contributed by atoms with E-state index in [4.69, 9.17) is 4.74 Å². The van der Waals surface area contributed by atoms with Crippen LogP contribution in [0.15, 0.2) is 53.4 Å². The van der Waals surface area contributed by atoms with E-state index in [0.29, 0.717) is 13.0 Å². The van der Waals surface area contributed by atoms with Crippen LogP contribution in [0.4, 0.5) is 0 Å². The van der Waals surface area contributed by atoms with Gasteiger partial charge in [-0.1, -0.05) is 44.0 Å². The molecule has 0 aliphatic rings. The first kappa shape index (κ1) is 22.0. The van der Waals surface area contributed by atoms with E-state index < -0.39 is 22.0 Å². The molecule has 0 spiro atoms. The van der Waals surface area contributed by atoms with Crippen molar-refractivity contribution in [2.45, 2.75) is 50.6 Å². The average molecular weight is 430 g/mol. The summed E-state index contributed by atoms with van der Waals surface area (Å²) in [6, 6.07) is 13.7. The van der Waals surface area contributed by atoms with Crippen molar-refractivity contribution in [1.29, 1.82) is 0 Å². The second-order valence-corrected chi connectivity index (χ2v) is 8.93. The molecule has 1 N–H and O–H groups in total. The Morgan fingerprint density at radius 3 is 2.53 bits per heavy atom. The molecule has 0 saturated carbocycles. The molecule has 2 aromatic carbocycles. The Morgan fingerprint density at radius 1 is 1.17 bits per heavy atom. The first-order valence-corrected chi connectivity index (χ1v) is 11.4. The monoisotopic (exact) mass is 429 g/mol. The molecule has 1 atom stereocenters. The second kappa shape index (κ2) is 9.40. The molecular formula is C22H27N3O4S. The number of methoxy groups -OCH3 is 1. The Balaban J connectivity index is 1.78. The van der Waals surface area contributed by atoms with Gasteiger partial charge in [-0.15, -0.1) is 0 Å². The summed E-state index contributed by atoms with van der Waals surface area (Å²) >= 11 is 0. The Kier molecular flexibility index (Phi) is 6.89. The van der Waals surface area contributed by atoms with E-state index in [-0.39, 0.29) is 4.90 Å². The number of ether oxygens (including phenoxy) is 1. The highest BCUT2D eigenvalue weighted by molar-refractivity contribution is 7.89. The van der Waals surface area contributed by atoms with Crippen LogP contribution >= 0.6 is 0 Å². The van der Waals surface area contributed by atoms with Gasteiger partial charge in [0.15, 0.2) is 0 Å². The van der Waals surface area contributed by atoms with E-state index in [0.717, 1.165) is 35.3 Å². The van der Waals surface area contributed by atoms with Crippen molar-refractivity contribution in [3.05, 3.63) is 59.9 Å². The van der Waals surface area contributed by atoms with Crippen molar-refractivity contribution in [3.63, 3.8) is 0 Å². The molecule has 0 fully saturated rings. The van der Waals surface area contributed by atoms with Gasteiger partial charge in [-0.05, 0) is 43.2 Å². The molecule has 1 aromatic heterocycles. The Morgan fingerprint density at radius 2 is 1.87 bits per heavy atom. The fraction of sp³-hybridized carbons (Fsp3) is 0.364. The van der Waals surface area contributed by atoms with Gasteiger partial charge in [0.05, 0.1) is 23.0 Å². The standard InChI is InChI=1S/C22H27N3O4S/c1-4-5-8-20(22(26)29-3)24-30(27,28)18-13-11-17(12-14-18)15-25-16(2)23-19-9-6-7-10-21(19)25/h6-7,9-14,20,24H,4-5,8,15H2,1-3H3. The van der Waals surface area contributed by atoms with Crippen molar-refractivity contribution in [2.24, 2.45) is 0 Å². The summed E-state index contributed by atoms with van der Waals surface area (Å²) in [6.07, 6.45) is 1.97. The number of hydrogen-bond acceptors (Lipinski definition) is 5. The maximum absolute atomic E-state index is 12.7. The molecule has 0 radical (unpaired) electrons. The molecule has 0 aliphatic heterocycles. The van der Waals surface area contributed by atoms with Crippen molar-refractivity contribution in [2.75, 3.05) is 7.11 Å². The number of imidazole rings is 1. The fourth-order valence-corrected chi connectivity index (χ4v) is 4.60. The fourth-order valence-electron chi connectivity index (χ4n) is 3.38. The lowest BCUT2D eigenvalue weighted by atomic mass is 10.1. The lowest BCUT2D eigenvalue weighted by Gasteiger charge is -2.16. The van der Waals surface area contributed by atoms with E-state index in [1.807, 2.05) is 38.1 Å². The topological polar surface area (TPSA) is 90.3 Å². The normalized spacial score (nSPS) is 12.8. The van der Waals surface area contributed by atoms with Gasteiger partial charge in [-0.25, -0.2) is 13.4 Å². The number of rotatable bonds is 9. The van der Waals surface area contributed by atoms with Gasteiger partial charge in [-0.3, -0.25) is 4.79 Å². The molecule has 0 aliphatic carbocycles. The summed E-state index contributed by atoms with van der Waals surface area (Å²) in [5, 5.41) is 0. The van der Waals surface area contributed by atoms with Crippen LogP contribution in [0.3, 0.4) is 0 Å². The Hall–Kier alpha value is -2.71.